The van der Waals surface area contributed by atoms with Gasteiger partial charge in [-0.3, -0.25) is 10.1 Å². The average molecular weight is 509 g/mol. The maximum absolute atomic E-state index is 13.0. The first-order chi connectivity index (χ1) is 15.6. The standard InChI is InChI=1S/C22H22Cl2N4O4S/c1-13-9-14(2)12-28(11-13)33(30,31)17-6-3-15(4-7-17)20(29)25-22-27-26-21(32-22)18-10-16(23)5-8-19(18)24/h3-8,10,13-14H,9,11-12H2,1-2H3,(H,25,27,29). The van der Waals surface area contributed by atoms with Gasteiger partial charge in [-0.2, -0.15) is 4.31 Å². The highest BCUT2D eigenvalue weighted by Gasteiger charge is 2.31. The van der Waals surface area contributed by atoms with E-state index in [9.17, 15) is 13.2 Å². The van der Waals surface area contributed by atoms with Crippen molar-refractivity contribution in [1.29, 1.82) is 0 Å². The van der Waals surface area contributed by atoms with Crippen LogP contribution in [-0.4, -0.2) is 41.9 Å². The highest BCUT2D eigenvalue weighted by atomic mass is 35.5. The molecule has 3 aromatic rings. The Labute approximate surface area is 201 Å². The highest BCUT2D eigenvalue weighted by Crippen LogP contribution is 2.31. The number of nitrogens with one attached hydrogen (secondary N) is 1. The third-order valence-electron chi connectivity index (χ3n) is 5.39. The van der Waals surface area contributed by atoms with E-state index in [1.54, 1.807) is 18.2 Å². The van der Waals surface area contributed by atoms with E-state index in [0.29, 0.717) is 40.5 Å². The van der Waals surface area contributed by atoms with Crippen LogP contribution in [0.2, 0.25) is 10.0 Å². The quantitative estimate of drug-likeness (QED) is 0.521. The number of anilines is 1. The summed E-state index contributed by atoms with van der Waals surface area (Å²) in [5.41, 5.74) is 0.683. The van der Waals surface area contributed by atoms with Gasteiger partial charge in [0.25, 0.3) is 11.8 Å². The summed E-state index contributed by atoms with van der Waals surface area (Å²) in [4.78, 5) is 12.7. The second-order valence-corrected chi connectivity index (χ2v) is 11.1. The van der Waals surface area contributed by atoms with Crippen molar-refractivity contribution in [1.82, 2.24) is 14.5 Å². The zero-order valence-corrected chi connectivity index (χ0v) is 20.3. The zero-order chi connectivity index (χ0) is 23.8. The number of aromatic nitrogens is 2. The number of amides is 1. The first-order valence-electron chi connectivity index (χ1n) is 10.3. The van der Waals surface area contributed by atoms with Crippen LogP contribution in [0.5, 0.6) is 0 Å². The second kappa shape index (κ2) is 9.42. The van der Waals surface area contributed by atoms with Gasteiger partial charge in [0.05, 0.1) is 15.5 Å². The molecule has 1 aliphatic rings. The van der Waals surface area contributed by atoms with E-state index in [1.165, 1.54) is 28.6 Å². The molecule has 2 heterocycles. The maximum atomic E-state index is 13.0. The van der Waals surface area contributed by atoms with Crippen LogP contribution < -0.4 is 5.32 Å². The SMILES string of the molecule is CC1CC(C)CN(S(=O)(=O)c2ccc(C(=O)Nc3nnc(-c4cc(Cl)ccc4Cl)o3)cc2)C1. The molecular weight excluding hydrogens is 487 g/mol. The lowest BCUT2D eigenvalue weighted by molar-refractivity contribution is 0.102. The van der Waals surface area contributed by atoms with Crippen LogP contribution in [0, 0.1) is 11.8 Å². The molecule has 0 aliphatic carbocycles. The van der Waals surface area contributed by atoms with Crippen molar-refractivity contribution < 1.29 is 17.6 Å². The Morgan fingerprint density at radius 3 is 2.39 bits per heavy atom. The molecule has 33 heavy (non-hydrogen) atoms. The Hall–Kier alpha value is -2.46. The molecule has 1 saturated heterocycles. The molecule has 1 aliphatic heterocycles. The summed E-state index contributed by atoms with van der Waals surface area (Å²) in [5.74, 6) is 0.181. The highest BCUT2D eigenvalue weighted by molar-refractivity contribution is 7.89. The van der Waals surface area contributed by atoms with E-state index in [4.69, 9.17) is 27.6 Å². The van der Waals surface area contributed by atoms with E-state index in [1.807, 2.05) is 0 Å². The normalized spacial score (nSPS) is 19.4. The molecule has 8 nitrogen and oxygen atoms in total. The van der Waals surface area contributed by atoms with Crippen LogP contribution in [0.4, 0.5) is 6.01 Å². The molecule has 0 bridgehead atoms. The van der Waals surface area contributed by atoms with E-state index < -0.39 is 15.9 Å². The number of rotatable bonds is 5. The van der Waals surface area contributed by atoms with Crippen molar-refractivity contribution >= 4 is 45.1 Å². The summed E-state index contributed by atoms with van der Waals surface area (Å²) in [5, 5.41) is 11.0. The monoisotopic (exact) mass is 508 g/mol. The predicted molar refractivity (Wildman–Crippen MR) is 126 cm³/mol. The molecule has 0 saturated carbocycles. The fraction of sp³-hybridized carbons (Fsp3) is 0.318. The van der Waals surface area contributed by atoms with E-state index >= 15 is 0 Å². The summed E-state index contributed by atoms with van der Waals surface area (Å²) in [6.07, 6.45) is 1.01. The number of sulfonamides is 1. The molecule has 2 atom stereocenters. The fourth-order valence-electron chi connectivity index (χ4n) is 3.94. The number of nitrogens with zero attached hydrogens (tertiary/aromatic N) is 3. The Bertz CT molecular complexity index is 1270. The Morgan fingerprint density at radius 1 is 1.06 bits per heavy atom. The van der Waals surface area contributed by atoms with E-state index in [2.05, 4.69) is 29.4 Å². The number of carbonyl (C=O) groups is 1. The third-order valence-corrected chi connectivity index (χ3v) is 7.80. The van der Waals surface area contributed by atoms with Crippen LogP contribution in [-0.2, 0) is 10.0 Å². The van der Waals surface area contributed by atoms with Crippen LogP contribution in [0.1, 0.15) is 30.6 Å². The maximum Gasteiger partial charge on any atom is 0.322 e. The molecule has 0 spiro atoms. The molecule has 4 rings (SSSR count). The van der Waals surface area contributed by atoms with Gasteiger partial charge in [0.15, 0.2) is 0 Å². The van der Waals surface area contributed by atoms with Crippen LogP contribution in [0.3, 0.4) is 0 Å². The molecule has 2 aromatic carbocycles. The van der Waals surface area contributed by atoms with Gasteiger partial charge in [0.2, 0.25) is 10.0 Å². The molecule has 1 aromatic heterocycles. The first kappa shape index (κ1) is 23.7. The minimum Gasteiger partial charge on any atom is -0.403 e. The van der Waals surface area contributed by atoms with Gasteiger partial charge in [-0.1, -0.05) is 42.1 Å². The summed E-state index contributed by atoms with van der Waals surface area (Å²) >= 11 is 12.1. The summed E-state index contributed by atoms with van der Waals surface area (Å²) in [7, 11) is -3.63. The minimum absolute atomic E-state index is 0.101. The molecule has 1 N–H and O–H groups in total. The molecule has 1 amide bonds. The minimum atomic E-state index is -3.63. The second-order valence-electron chi connectivity index (χ2n) is 8.28. The van der Waals surface area contributed by atoms with Crippen LogP contribution >= 0.6 is 23.2 Å². The van der Waals surface area contributed by atoms with Gasteiger partial charge in [0, 0.05) is 23.7 Å². The topological polar surface area (TPSA) is 105 Å². The van der Waals surface area contributed by atoms with Crippen molar-refractivity contribution in [2.75, 3.05) is 18.4 Å². The predicted octanol–water partition coefficient (Wildman–Crippen LogP) is 4.96. The van der Waals surface area contributed by atoms with Crippen LogP contribution in [0.15, 0.2) is 51.8 Å². The summed E-state index contributed by atoms with van der Waals surface area (Å²) in [6.45, 7) is 5.08. The van der Waals surface area contributed by atoms with Gasteiger partial charge in [-0.05, 0) is 60.7 Å². The Kier molecular flexibility index (Phi) is 6.76. The van der Waals surface area contributed by atoms with Crippen molar-refractivity contribution in [2.45, 2.75) is 25.2 Å². The first-order valence-corrected chi connectivity index (χ1v) is 12.5. The van der Waals surface area contributed by atoms with Gasteiger partial charge in [-0.15, -0.1) is 5.10 Å². The van der Waals surface area contributed by atoms with Gasteiger partial charge in [-0.25, -0.2) is 8.42 Å². The lowest BCUT2D eigenvalue weighted by Crippen LogP contribution is -2.42. The fourth-order valence-corrected chi connectivity index (χ4v) is 5.99. The number of benzene rings is 2. The smallest absolute Gasteiger partial charge is 0.322 e. The number of carbonyl (C=O) groups excluding carboxylic acids is 1. The number of hydrogen-bond donors (Lipinski definition) is 1. The lowest BCUT2D eigenvalue weighted by Gasteiger charge is -2.34. The number of hydrogen-bond acceptors (Lipinski definition) is 6. The van der Waals surface area contributed by atoms with Gasteiger partial charge < -0.3 is 4.42 Å². The molecule has 174 valence electrons. The van der Waals surface area contributed by atoms with Gasteiger partial charge in [0.1, 0.15) is 0 Å². The molecular formula is C22H22Cl2N4O4S. The largest absolute Gasteiger partial charge is 0.403 e. The van der Waals surface area contributed by atoms with Crippen molar-refractivity contribution in [2.24, 2.45) is 11.8 Å². The zero-order valence-electron chi connectivity index (χ0n) is 18.0. The molecule has 0 radical (unpaired) electrons. The van der Waals surface area contributed by atoms with E-state index in [-0.39, 0.29) is 22.4 Å². The Morgan fingerprint density at radius 2 is 1.73 bits per heavy atom. The average Bonchev–Trinajstić information content (AvgIpc) is 3.23. The molecule has 2 unspecified atom stereocenters. The van der Waals surface area contributed by atoms with E-state index in [0.717, 1.165) is 6.42 Å². The molecule has 1 fully saturated rings. The molecule has 11 heteroatoms. The van der Waals surface area contributed by atoms with Crippen molar-refractivity contribution in [3.8, 4) is 11.5 Å². The van der Waals surface area contributed by atoms with Crippen molar-refractivity contribution in [3.05, 3.63) is 58.1 Å². The van der Waals surface area contributed by atoms with Crippen molar-refractivity contribution in [3.63, 3.8) is 0 Å². The lowest BCUT2D eigenvalue weighted by atomic mass is 9.94. The number of halogens is 2. The summed E-state index contributed by atoms with van der Waals surface area (Å²) < 4.78 is 33.0. The van der Waals surface area contributed by atoms with Crippen LogP contribution in [0.25, 0.3) is 11.5 Å². The third kappa shape index (κ3) is 5.22. The number of piperidine rings is 1. The Balaban J connectivity index is 1.47. The summed E-state index contributed by atoms with van der Waals surface area (Å²) in [6, 6.07) is 10.4. The van der Waals surface area contributed by atoms with Gasteiger partial charge >= 0.3 is 6.01 Å².